The summed E-state index contributed by atoms with van der Waals surface area (Å²) < 4.78 is 4.57. The van der Waals surface area contributed by atoms with E-state index in [4.69, 9.17) is 15.6 Å². The minimum atomic E-state index is -0.970. The molecule has 0 aliphatic carbocycles. The van der Waals surface area contributed by atoms with Crippen LogP contribution in [0.5, 0.6) is 5.75 Å². The molecule has 1 aromatic rings. The van der Waals surface area contributed by atoms with Gasteiger partial charge in [-0.2, -0.15) is 0 Å². The van der Waals surface area contributed by atoms with Crippen LogP contribution in [0.25, 0.3) is 0 Å². The molecule has 1 aromatic carbocycles. The van der Waals surface area contributed by atoms with Gasteiger partial charge in [-0.1, -0.05) is 12.1 Å². The second-order valence-electron chi connectivity index (χ2n) is 4.56. The van der Waals surface area contributed by atoms with Crippen molar-refractivity contribution in [2.24, 2.45) is 5.73 Å². The lowest BCUT2D eigenvalue weighted by Crippen LogP contribution is -2.46. The van der Waals surface area contributed by atoms with Crippen LogP contribution < -0.4 is 10.5 Å². The third-order valence-electron chi connectivity index (χ3n) is 2.78. The van der Waals surface area contributed by atoms with Crippen LogP contribution in [0, 0.1) is 0 Å². The third-order valence-corrected chi connectivity index (χ3v) is 4.26. The Labute approximate surface area is 112 Å². The van der Waals surface area contributed by atoms with Crippen molar-refractivity contribution >= 4 is 17.7 Å². The second kappa shape index (κ2) is 6.11. The Morgan fingerprint density at radius 2 is 2.00 bits per heavy atom. The summed E-state index contributed by atoms with van der Waals surface area (Å²) in [6, 6.07) is 6.84. The van der Waals surface area contributed by atoms with Crippen molar-refractivity contribution in [3.8, 4) is 5.75 Å². The number of carboxylic acid groups (broad SMARTS) is 1. The molecule has 3 N–H and O–H groups in total. The summed E-state index contributed by atoms with van der Waals surface area (Å²) in [7, 11) is 1.62. The highest BCUT2D eigenvalue weighted by molar-refractivity contribution is 7.99. The summed E-state index contributed by atoms with van der Waals surface area (Å²) in [6.07, 6.45) is 0. The van der Waals surface area contributed by atoms with Gasteiger partial charge in [0.05, 0.1) is 7.11 Å². The fourth-order valence-corrected chi connectivity index (χ4v) is 2.39. The Morgan fingerprint density at radius 1 is 1.44 bits per heavy atom. The maximum Gasteiger partial charge on any atom is 0.321 e. The molecule has 0 saturated heterocycles. The van der Waals surface area contributed by atoms with Crippen LogP contribution in [-0.4, -0.2) is 29.0 Å². The van der Waals surface area contributed by atoms with Crippen LogP contribution >= 0.6 is 11.8 Å². The average Bonchev–Trinajstić information content (AvgIpc) is 2.36. The number of hydrogen-bond acceptors (Lipinski definition) is 4. The summed E-state index contributed by atoms with van der Waals surface area (Å²) in [6.45, 7) is 3.69. The molecule has 0 radical (unpaired) electrons. The lowest BCUT2D eigenvalue weighted by molar-refractivity contribution is -0.139. The van der Waals surface area contributed by atoms with E-state index in [0.29, 0.717) is 0 Å². The van der Waals surface area contributed by atoms with E-state index in [1.165, 1.54) is 11.8 Å². The molecule has 5 heteroatoms. The monoisotopic (exact) mass is 269 g/mol. The predicted molar refractivity (Wildman–Crippen MR) is 74.0 cm³/mol. The van der Waals surface area contributed by atoms with Gasteiger partial charge in [-0.3, -0.25) is 4.79 Å². The van der Waals surface area contributed by atoms with Gasteiger partial charge < -0.3 is 15.6 Å². The van der Waals surface area contributed by atoms with Gasteiger partial charge in [0, 0.05) is 10.5 Å². The highest BCUT2D eigenvalue weighted by Crippen LogP contribution is 2.31. The number of hydrogen-bond donors (Lipinski definition) is 2. The Hall–Kier alpha value is -1.20. The first-order valence-electron chi connectivity index (χ1n) is 5.62. The number of rotatable bonds is 6. The van der Waals surface area contributed by atoms with Crippen LogP contribution in [0.15, 0.2) is 24.3 Å². The summed E-state index contributed by atoms with van der Waals surface area (Å²) in [5.41, 5.74) is 6.78. The number of carboxylic acids is 1. The Morgan fingerprint density at radius 3 is 2.44 bits per heavy atom. The fourth-order valence-electron chi connectivity index (χ4n) is 1.38. The second-order valence-corrected chi connectivity index (χ2v) is 6.19. The zero-order valence-corrected chi connectivity index (χ0v) is 11.7. The van der Waals surface area contributed by atoms with Crippen molar-refractivity contribution in [1.82, 2.24) is 0 Å². The van der Waals surface area contributed by atoms with Gasteiger partial charge in [0.25, 0.3) is 0 Å². The summed E-state index contributed by atoms with van der Waals surface area (Å²) >= 11 is 1.54. The van der Waals surface area contributed by atoms with E-state index in [9.17, 15) is 4.79 Å². The van der Waals surface area contributed by atoms with Crippen molar-refractivity contribution in [3.05, 3.63) is 29.8 Å². The summed E-state index contributed by atoms with van der Waals surface area (Å²) in [4.78, 5) is 10.9. The van der Waals surface area contributed by atoms with Crippen molar-refractivity contribution < 1.29 is 14.6 Å². The minimum Gasteiger partial charge on any atom is -0.497 e. The molecule has 0 fully saturated rings. The van der Waals surface area contributed by atoms with E-state index >= 15 is 0 Å². The molecule has 4 nitrogen and oxygen atoms in total. The lowest BCUT2D eigenvalue weighted by atomic mass is 10.1. The van der Waals surface area contributed by atoms with Crippen LogP contribution in [0.4, 0.5) is 0 Å². The lowest BCUT2D eigenvalue weighted by Gasteiger charge is -2.28. The average molecular weight is 269 g/mol. The SMILES string of the molecule is COc1ccc(CSC(C)(C)[C@@H](N)C(=O)O)cc1. The molecule has 18 heavy (non-hydrogen) atoms. The first-order chi connectivity index (χ1) is 8.36. The molecule has 0 aromatic heterocycles. The third kappa shape index (κ3) is 3.92. The molecule has 0 aliphatic rings. The zero-order valence-electron chi connectivity index (χ0n) is 10.8. The topological polar surface area (TPSA) is 72.5 Å². The van der Waals surface area contributed by atoms with Crippen molar-refractivity contribution in [1.29, 1.82) is 0 Å². The first-order valence-corrected chi connectivity index (χ1v) is 6.60. The first kappa shape index (κ1) is 14.9. The van der Waals surface area contributed by atoms with Gasteiger partial charge in [-0.25, -0.2) is 0 Å². The number of thioether (sulfide) groups is 1. The van der Waals surface area contributed by atoms with Gasteiger partial charge in [0.2, 0.25) is 0 Å². The van der Waals surface area contributed by atoms with E-state index < -0.39 is 16.8 Å². The molecule has 0 aliphatic heterocycles. The van der Waals surface area contributed by atoms with Gasteiger partial charge >= 0.3 is 5.97 Å². The number of benzene rings is 1. The van der Waals surface area contributed by atoms with Gasteiger partial charge in [-0.15, -0.1) is 11.8 Å². The summed E-state index contributed by atoms with van der Waals surface area (Å²) in [5, 5.41) is 8.93. The molecular formula is C13H19NO3S. The normalized spacial score (nSPS) is 13.1. The molecule has 0 amide bonds. The van der Waals surface area contributed by atoms with Crippen molar-refractivity contribution in [2.75, 3.05) is 7.11 Å². The molecular weight excluding hydrogens is 250 g/mol. The number of ether oxygens (including phenoxy) is 1. The van der Waals surface area contributed by atoms with Crippen LogP contribution in [0.2, 0.25) is 0 Å². The standard InChI is InChI=1S/C13H19NO3S/c1-13(2,11(14)12(15)16)18-8-9-4-6-10(17-3)7-5-9/h4-7,11H,8,14H2,1-3H3,(H,15,16)/t11-/m0/s1. The van der Waals surface area contributed by atoms with Gasteiger partial charge in [-0.05, 0) is 31.5 Å². The van der Waals surface area contributed by atoms with Gasteiger partial charge in [0.15, 0.2) is 0 Å². The molecule has 1 rings (SSSR count). The molecule has 0 spiro atoms. The Bertz CT molecular complexity index is 403. The number of nitrogens with two attached hydrogens (primary N) is 1. The number of carbonyl (C=O) groups is 1. The Kier molecular flexibility index (Phi) is 5.04. The van der Waals surface area contributed by atoms with Crippen molar-refractivity contribution in [2.45, 2.75) is 30.4 Å². The largest absolute Gasteiger partial charge is 0.497 e. The summed E-state index contributed by atoms with van der Waals surface area (Å²) in [5.74, 6) is 0.560. The molecule has 0 saturated carbocycles. The predicted octanol–water partition coefficient (Wildman–Crippen LogP) is 2.12. The maximum atomic E-state index is 10.9. The fraction of sp³-hybridized carbons (Fsp3) is 0.462. The van der Waals surface area contributed by atoms with Gasteiger partial charge in [0.1, 0.15) is 11.8 Å². The molecule has 100 valence electrons. The van der Waals surface area contributed by atoms with E-state index in [2.05, 4.69) is 0 Å². The van der Waals surface area contributed by atoms with Crippen molar-refractivity contribution in [3.63, 3.8) is 0 Å². The van der Waals surface area contributed by atoms with E-state index in [0.717, 1.165) is 17.1 Å². The number of aliphatic carboxylic acids is 1. The van der Waals surface area contributed by atoms with Crippen LogP contribution in [-0.2, 0) is 10.5 Å². The molecule has 1 atom stereocenters. The minimum absolute atomic E-state index is 0.508. The maximum absolute atomic E-state index is 10.9. The van der Waals surface area contributed by atoms with E-state index in [-0.39, 0.29) is 0 Å². The smallest absolute Gasteiger partial charge is 0.321 e. The van der Waals surface area contributed by atoms with Crippen LogP contribution in [0.1, 0.15) is 19.4 Å². The highest BCUT2D eigenvalue weighted by Gasteiger charge is 2.32. The zero-order chi connectivity index (χ0) is 13.8. The number of methoxy groups -OCH3 is 1. The van der Waals surface area contributed by atoms with Crippen LogP contribution in [0.3, 0.4) is 0 Å². The Balaban J connectivity index is 2.60. The highest BCUT2D eigenvalue weighted by atomic mass is 32.2. The molecule has 0 heterocycles. The quantitative estimate of drug-likeness (QED) is 0.827. The molecule has 0 unspecified atom stereocenters. The van der Waals surface area contributed by atoms with E-state index in [1.807, 2.05) is 38.1 Å². The molecule has 0 bridgehead atoms. The van der Waals surface area contributed by atoms with E-state index in [1.54, 1.807) is 7.11 Å².